The van der Waals surface area contributed by atoms with E-state index in [4.69, 9.17) is 9.72 Å². The molecular formula is C23H20F3N5O3. The molecule has 0 aliphatic carbocycles. The average Bonchev–Trinajstić information content (AvgIpc) is 3.26. The topological polar surface area (TPSA) is 81.0 Å². The van der Waals surface area contributed by atoms with Crippen molar-refractivity contribution in [3.63, 3.8) is 0 Å². The molecule has 0 unspecified atom stereocenters. The fourth-order valence-corrected chi connectivity index (χ4v) is 3.91. The molecule has 1 fully saturated rings. The molecule has 0 saturated carbocycles. The second-order valence-electron chi connectivity index (χ2n) is 7.69. The number of alkyl halides is 3. The Labute approximate surface area is 191 Å². The second-order valence-corrected chi connectivity index (χ2v) is 7.69. The summed E-state index contributed by atoms with van der Waals surface area (Å²) in [6.07, 6.45) is -4.90. The zero-order valence-corrected chi connectivity index (χ0v) is 17.9. The number of rotatable bonds is 5. The first-order valence-corrected chi connectivity index (χ1v) is 10.6. The highest BCUT2D eigenvalue weighted by Crippen LogP contribution is 2.27. The van der Waals surface area contributed by atoms with Gasteiger partial charge in [-0.25, -0.2) is 4.98 Å². The van der Waals surface area contributed by atoms with Crippen LogP contribution in [0.2, 0.25) is 0 Å². The fraction of sp³-hybridized carbons (Fsp3) is 0.261. The zero-order chi connectivity index (χ0) is 23.7. The summed E-state index contributed by atoms with van der Waals surface area (Å²) in [5, 5.41) is 8.16. The van der Waals surface area contributed by atoms with E-state index in [0.717, 1.165) is 22.5 Å². The lowest BCUT2D eigenvalue weighted by Gasteiger charge is -2.28. The van der Waals surface area contributed by atoms with Crippen LogP contribution in [-0.4, -0.2) is 53.2 Å². The van der Waals surface area contributed by atoms with Gasteiger partial charge in [0.15, 0.2) is 0 Å². The molecule has 4 aromatic rings. The fourth-order valence-electron chi connectivity index (χ4n) is 3.91. The minimum absolute atomic E-state index is 0.0117. The van der Waals surface area contributed by atoms with Crippen molar-refractivity contribution >= 4 is 28.3 Å². The highest BCUT2D eigenvalue weighted by molar-refractivity contribution is 5.97. The smallest absolute Gasteiger partial charge is 0.405 e. The number of carbonyl (C=O) groups is 1. The number of aromatic nitrogens is 3. The van der Waals surface area contributed by atoms with Crippen molar-refractivity contribution in [2.24, 2.45) is 0 Å². The summed E-state index contributed by atoms with van der Waals surface area (Å²) in [5.74, 6) is -0.598. The van der Waals surface area contributed by atoms with Gasteiger partial charge in [-0.05, 0) is 24.3 Å². The molecule has 1 aliphatic rings. The minimum atomic E-state index is -4.90. The van der Waals surface area contributed by atoms with Crippen LogP contribution in [0.4, 0.5) is 19.1 Å². The van der Waals surface area contributed by atoms with Gasteiger partial charge < -0.3 is 19.7 Å². The molecule has 34 heavy (non-hydrogen) atoms. The number of hydrogen-bond acceptors (Lipinski definition) is 6. The molecule has 5 rings (SSSR count). The predicted molar refractivity (Wildman–Crippen MR) is 118 cm³/mol. The van der Waals surface area contributed by atoms with Crippen LogP contribution in [0.25, 0.3) is 16.4 Å². The van der Waals surface area contributed by atoms with E-state index in [1.54, 1.807) is 4.52 Å². The van der Waals surface area contributed by atoms with Gasteiger partial charge in [-0.3, -0.25) is 4.79 Å². The van der Waals surface area contributed by atoms with Gasteiger partial charge in [-0.1, -0.05) is 30.3 Å². The number of ether oxygens (including phenoxy) is 2. The van der Waals surface area contributed by atoms with E-state index >= 15 is 0 Å². The Morgan fingerprint density at radius 2 is 1.82 bits per heavy atom. The highest BCUT2D eigenvalue weighted by atomic mass is 19.4. The van der Waals surface area contributed by atoms with Crippen molar-refractivity contribution in [3.05, 3.63) is 65.9 Å². The van der Waals surface area contributed by atoms with Gasteiger partial charge in [0.1, 0.15) is 5.75 Å². The minimum Gasteiger partial charge on any atom is -0.405 e. The van der Waals surface area contributed by atoms with Crippen molar-refractivity contribution in [3.8, 4) is 5.75 Å². The number of nitrogens with one attached hydrogen (secondary N) is 1. The summed E-state index contributed by atoms with van der Waals surface area (Å²) < 4.78 is 49.2. The van der Waals surface area contributed by atoms with E-state index in [1.807, 2.05) is 30.3 Å². The molecule has 2 aromatic heterocycles. The number of hydrogen-bond donors (Lipinski definition) is 1. The average molecular weight is 471 g/mol. The number of anilines is 1. The second kappa shape index (κ2) is 8.82. The molecule has 0 bridgehead atoms. The highest BCUT2D eigenvalue weighted by Gasteiger charge is 2.32. The van der Waals surface area contributed by atoms with E-state index in [-0.39, 0.29) is 12.1 Å². The number of morpholine rings is 1. The first-order valence-electron chi connectivity index (χ1n) is 10.6. The third kappa shape index (κ3) is 4.46. The normalized spacial score (nSPS) is 14.5. The van der Waals surface area contributed by atoms with Crippen LogP contribution >= 0.6 is 0 Å². The van der Waals surface area contributed by atoms with Gasteiger partial charge in [0.2, 0.25) is 5.95 Å². The molecular weight excluding hydrogens is 451 g/mol. The Morgan fingerprint density at radius 1 is 1.09 bits per heavy atom. The molecule has 176 valence electrons. The maximum Gasteiger partial charge on any atom is 0.573 e. The maximum atomic E-state index is 12.7. The van der Waals surface area contributed by atoms with Crippen molar-refractivity contribution in [1.29, 1.82) is 0 Å². The number of halogens is 3. The molecule has 0 radical (unpaired) electrons. The third-order valence-electron chi connectivity index (χ3n) is 5.43. The Balaban J connectivity index is 1.44. The lowest BCUT2D eigenvalue weighted by atomic mass is 10.2. The zero-order valence-electron chi connectivity index (χ0n) is 17.9. The summed E-state index contributed by atoms with van der Waals surface area (Å²) in [7, 11) is 0. The van der Waals surface area contributed by atoms with Gasteiger partial charge in [0.25, 0.3) is 5.91 Å². The predicted octanol–water partition coefficient (Wildman–Crippen LogP) is 3.55. The number of fused-ring (bicyclic) bond motifs is 3. The number of para-hydroxylation sites is 2. The Morgan fingerprint density at radius 3 is 2.62 bits per heavy atom. The summed E-state index contributed by atoms with van der Waals surface area (Å²) in [4.78, 5) is 19.5. The molecule has 0 spiro atoms. The molecule has 0 atom stereocenters. The van der Waals surface area contributed by atoms with Crippen molar-refractivity contribution < 1.29 is 27.4 Å². The number of amides is 1. The number of nitrogens with zero attached hydrogens (tertiary/aromatic N) is 4. The first-order chi connectivity index (χ1) is 16.4. The number of carbonyl (C=O) groups excluding carboxylic acids is 1. The van der Waals surface area contributed by atoms with Gasteiger partial charge >= 0.3 is 6.36 Å². The Bertz CT molecular complexity index is 1350. The van der Waals surface area contributed by atoms with E-state index in [1.165, 1.54) is 18.2 Å². The Kier molecular flexibility index (Phi) is 5.70. The molecule has 2 aromatic carbocycles. The molecule has 1 amide bonds. The van der Waals surface area contributed by atoms with Crippen LogP contribution < -0.4 is 15.0 Å². The largest absolute Gasteiger partial charge is 0.573 e. The van der Waals surface area contributed by atoms with E-state index in [9.17, 15) is 18.0 Å². The van der Waals surface area contributed by atoms with Crippen LogP contribution in [0.5, 0.6) is 5.75 Å². The molecule has 3 heterocycles. The number of benzene rings is 2. The third-order valence-corrected chi connectivity index (χ3v) is 5.43. The van der Waals surface area contributed by atoms with Crippen molar-refractivity contribution in [1.82, 2.24) is 19.9 Å². The molecule has 1 N–H and O–H groups in total. The van der Waals surface area contributed by atoms with Crippen LogP contribution in [0.15, 0.2) is 54.6 Å². The summed E-state index contributed by atoms with van der Waals surface area (Å²) in [6.45, 7) is 2.52. The molecule has 11 heteroatoms. The monoisotopic (exact) mass is 471 g/mol. The van der Waals surface area contributed by atoms with E-state index in [2.05, 4.69) is 20.1 Å². The van der Waals surface area contributed by atoms with Crippen LogP contribution in [0.3, 0.4) is 0 Å². The first kappa shape index (κ1) is 22.0. The SMILES string of the molecule is O=C(NCc1cc2c3ccccc3nc(N3CCOCC3)n2n1)c1ccccc1OC(F)(F)F. The Hall–Kier alpha value is -3.86. The molecule has 1 aliphatic heterocycles. The van der Waals surface area contributed by atoms with Gasteiger partial charge in [0.05, 0.1) is 42.0 Å². The quantitative estimate of drug-likeness (QED) is 0.480. The van der Waals surface area contributed by atoms with Crippen LogP contribution in [0.1, 0.15) is 16.1 Å². The maximum absolute atomic E-state index is 12.7. The lowest BCUT2D eigenvalue weighted by molar-refractivity contribution is -0.274. The van der Waals surface area contributed by atoms with Crippen LogP contribution in [-0.2, 0) is 11.3 Å². The summed E-state index contributed by atoms with van der Waals surface area (Å²) >= 11 is 0. The van der Waals surface area contributed by atoms with Gasteiger partial charge in [-0.15, -0.1) is 13.2 Å². The molecule has 1 saturated heterocycles. The summed E-state index contributed by atoms with van der Waals surface area (Å²) in [6, 6.07) is 14.7. The van der Waals surface area contributed by atoms with Gasteiger partial charge in [-0.2, -0.15) is 9.61 Å². The van der Waals surface area contributed by atoms with Crippen LogP contribution in [0, 0.1) is 0 Å². The van der Waals surface area contributed by atoms with Crippen molar-refractivity contribution in [2.45, 2.75) is 12.9 Å². The van der Waals surface area contributed by atoms with E-state index < -0.39 is 18.0 Å². The standard InChI is InChI=1S/C23H20F3N5O3/c24-23(25,26)34-20-8-4-2-6-17(20)21(32)27-14-15-13-19-16-5-1-3-7-18(16)28-22(31(19)29-15)30-9-11-33-12-10-30/h1-8,13H,9-12,14H2,(H,27,32). The van der Waals surface area contributed by atoms with E-state index in [0.29, 0.717) is 37.9 Å². The van der Waals surface area contributed by atoms with Gasteiger partial charge in [0, 0.05) is 18.5 Å². The lowest BCUT2D eigenvalue weighted by Crippen LogP contribution is -2.38. The summed E-state index contributed by atoms with van der Waals surface area (Å²) in [5.41, 5.74) is 1.95. The molecule has 8 nitrogen and oxygen atoms in total. The van der Waals surface area contributed by atoms with Crippen molar-refractivity contribution in [2.75, 3.05) is 31.2 Å².